The lowest BCUT2D eigenvalue weighted by molar-refractivity contribution is -0.472. The van der Waals surface area contributed by atoms with Crippen molar-refractivity contribution in [2.45, 2.75) is 6.42 Å². The van der Waals surface area contributed by atoms with Crippen LogP contribution in [-0.2, 0) is 0 Å². The van der Waals surface area contributed by atoms with E-state index in [0.29, 0.717) is 0 Å². The maximum atomic E-state index is 3.44. The van der Waals surface area contributed by atoms with E-state index in [9.17, 15) is 0 Å². The van der Waals surface area contributed by atoms with Gasteiger partial charge in [0.1, 0.15) is 0 Å². The van der Waals surface area contributed by atoms with Crippen LogP contribution in [0.25, 0.3) is 0 Å². The Morgan fingerprint density at radius 2 is 1.05 bits per heavy atom. The van der Waals surface area contributed by atoms with Gasteiger partial charge in [0.15, 0.2) is 0 Å². The van der Waals surface area contributed by atoms with Gasteiger partial charge in [-0.15, -0.1) is 0 Å². The van der Waals surface area contributed by atoms with Crippen LogP contribution in [-0.4, -0.2) is 100 Å². The summed E-state index contributed by atoms with van der Waals surface area (Å²) in [6.07, 6.45) is 1.07. The number of rotatable bonds is 4. The molecule has 0 fully saturated rings. The molecule has 0 rings (SSSR count). The van der Waals surface area contributed by atoms with Gasteiger partial charge in [0.25, 0.3) is 0 Å². The minimum atomic E-state index is 0.951. The van der Waals surface area contributed by atoms with Crippen LogP contribution in [0, 0.1) is 0 Å². The molecule has 19 heavy (non-hydrogen) atoms. The standard InChI is InChI=1S/C13H30N6/c1-16(2)12(17(3)4)14-10-9-11-15-13(18(5)6)19(7)8/h9-11H2,1-8H3/p+2. The lowest BCUT2D eigenvalue weighted by Gasteiger charge is -2.14. The molecular weight excluding hydrogens is 240 g/mol. The van der Waals surface area contributed by atoms with Crippen LogP contribution in [0.2, 0.25) is 0 Å². The van der Waals surface area contributed by atoms with Crippen LogP contribution in [0.3, 0.4) is 0 Å². The average Bonchev–Trinajstić information content (AvgIpc) is 2.25. The molecule has 6 heteroatoms. The van der Waals surface area contributed by atoms with E-state index in [1.165, 1.54) is 0 Å². The summed E-state index contributed by atoms with van der Waals surface area (Å²) in [5.74, 6) is 2.26. The van der Waals surface area contributed by atoms with Crippen molar-refractivity contribution >= 4 is 11.9 Å². The molecule has 0 heterocycles. The zero-order valence-electron chi connectivity index (χ0n) is 13.9. The molecule has 0 atom stereocenters. The molecule has 0 saturated heterocycles. The summed E-state index contributed by atoms with van der Waals surface area (Å²) in [6.45, 7) is 1.90. The molecule has 6 nitrogen and oxygen atoms in total. The third-order valence-electron chi connectivity index (χ3n) is 2.61. The highest BCUT2D eigenvalue weighted by Gasteiger charge is 2.12. The Kier molecular flexibility index (Phi) is 7.95. The van der Waals surface area contributed by atoms with Gasteiger partial charge in [-0.3, -0.25) is 29.6 Å². The summed E-state index contributed by atoms with van der Waals surface area (Å²) in [7, 11) is 16.4. The second kappa shape index (κ2) is 8.61. The van der Waals surface area contributed by atoms with E-state index < -0.39 is 0 Å². The Morgan fingerprint density at radius 3 is 1.26 bits per heavy atom. The van der Waals surface area contributed by atoms with E-state index in [1.807, 2.05) is 56.4 Å². The van der Waals surface area contributed by atoms with Crippen molar-refractivity contribution in [3.63, 3.8) is 0 Å². The molecule has 0 spiro atoms. The predicted octanol–water partition coefficient (Wildman–Crippen LogP) is -1.06. The van der Waals surface area contributed by atoms with E-state index in [2.05, 4.69) is 29.6 Å². The Morgan fingerprint density at radius 1 is 0.737 bits per heavy atom. The molecule has 112 valence electrons. The molecule has 0 aromatic heterocycles. The van der Waals surface area contributed by atoms with Gasteiger partial charge in [-0.25, -0.2) is 0 Å². The van der Waals surface area contributed by atoms with Gasteiger partial charge in [-0.1, -0.05) is 0 Å². The molecule has 0 radical (unpaired) electrons. The van der Waals surface area contributed by atoms with Crippen LogP contribution in [0.1, 0.15) is 6.42 Å². The largest absolute Gasteiger partial charge is 0.347 e. The first-order valence-electron chi connectivity index (χ1n) is 6.68. The minimum Gasteiger partial charge on any atom is -0.278 e. The lowest BCUT2D eigenvalue weighted by atomic mass is 10.4. The van der Waals surface area contributed by atoms with Gasteiger partial charge >= 0.3 is 11.9 Å². The fourth-order valence-electron chi connectivity index (χ4n) is 1.92. The fraction of sp³-hybridized carbons (Fsp3) is 0.846. The topological polar surface area (TPSA) is 36.6 Å². The van der Waals surface area contributed by atoms with Crippen molar-refractivity contribution < 1.29 is 9.15 Å². The first kappa shape index (κ1) is 17.5. The van der Waals surface area contributed by atoms with Crippen molar-refractivity contribution in [2.75, 3.05) is 69.5 Å². The maximum Gasteiger partial charge on any atom is 0.347 e. The van der Waals surface area contributed by atoms with Crippen LogP contribution in [0.15, 0.2) is 0 Å². The molecule has 0 aromatic rings. The highest BCUT2D eigenvalue weighted by molar-refractivity contribution is 5.74. The van der Waals surface area contributed by atoms with Crippen molar-refractivity contribution in [3.05, 3.63) is 0 Å². The van der Waals surface area contributed by atoms with Crippen LogP contribution in [0.5, 0.6) is 0 Å². The zero-order chi connectivity index (χ0) is 15.0. The summed E-state index contributed by atoms with van der Waals surface area (Å²) >= 11 is 0. The van der Waals surface area contributed by atoms with Gasteiger partial charge < -0.3 is 0 Å². The monoisotopic (exact) mass is 272 g/mol. The smallest absolute Gasteiger partial charge is 0.278 e. The van der Waals surface area contributed by atoms with Gasteiger partial charge in [-0.2, -0.15) is 0 Å². The molecule has 0 aliphatic carbocycles. The fourth-order valence-corrected chi connectivity index (χ4v) is 1.92. The number of guanidine groups is 2. The highest BCUT2D eigenvalue weighted by Crippen LogP contribution is 1.82. The second-order valence-electron chi connectivity index (χ2n) is 5.43. The van der Waals surface area contributed by atoms with E-state index in [0.717, 1.165) is 31.4 Å². The molecule has 0 amide bonds. The summed E-state index contributed by atoms with van der Waals surface area (Å²) in [5, 5.41) is 6.89. The summed E-state index contributed by atoms with van der Waals surface area (Å²) in [5.41, 5.74) is 0. The molecule has 0 aliphatic heterocycles. The van der Waals surface area contributed by atoms with Gasteiger partial charge in [0, 0.05) is 6.42 Å². The van der Waals surface area contributed by atoms with Crippen molar-refractivity contribution in [3.8, 4) is 0 Å². The van der Waals surface area contributed by atoms with Crippen LogP contribution < -0.4 is 10.6 Å². The lowest BCUT2D eigenvalue weighted by Crippen LogP contribution is -2.44. The number of hydrogen-bond acceptors (Lipinski definition) is 0. The van der Waals surface area contributed by atoms with Gasteiger partial charge in [0.05, 0.1) is 69.5 Å². The molecule has 0 aromatic carbocycles. The highest BCUT2D eigenvalue weighted by atomic mass is 15.3. The van der Waals surface area contributed by atoms with E-state index in [1.54, 1.807) is 0 Å². The molecular formula is C13H32N6+2. The van der Waals surface area contributed by atoms with E-state index in [4.69, 9.17) is 0 Å². The SMILES string of the molecule is CN(C)C(NCCCNC(N(C)C)=[N+](C)C)=[N+](C)C. The average molecular weight is 272 g/mol. The Balaban J connectivity index is 4.07. The van der Waals surface area contributed by atoms with Crippen molar-refractivity contribution in [1.82, 2.24) is 20.4 Å². The zero-order valence-corrected chi connectivity index (χ0v) is 13.9. The Labute approximate surface area is 118 Å². The Hall–Kier alpha value is -1.46. The molecule has 0 unspecified atom stereocenters. The number of nitrogens with zero attached hydrogens (tertiary/aromatic N) is 4. The molecule has 0 aliphatic rings. The normalized spacial score (nSPS) is 9.68. The second-order valence-corrected chi connectivity index (χ2v) is 5.43. The van der Waals surface area contributed by atoms with Crippen molar-refractivity contribution in [1.29, 1.82) is 0 Å². The first-order valence-corrected chi connectivity index (χ1v) is 6.68. The van der Waals surface area contributed by atoms with Gasteiger partial charge in [0.2, 0.25) is 0 Å². The number of hydrogen-bond donors (Lipinski definition) is 2. The number of nitrogens with one attached hydrogen (secondary N) is 2. The summed E-state index contributed by atoms with van der Waals surface area (Å²) in [6, 6.07) is 0. The summed E-state index contributed by atoms with van der Waals surface area (Å²) in [4.78, 5) is 4.18. The maximum absolute atomic E-state index is 3.44. The first-order chi connectivity index (χ1) is 8.77. The quantitative estimate of drug-likeness (QED) is 0.296. The van der Waals surface area contributed by atoms with E-state index in [-0.39, 0.29) is 0 Å². The molecule has 2 N–H and O–H groups in total. The Bertz CT molecular complexity index is 290. The third kappa shape index (κ3) is 6.88. The predicted molar refractivity (Wildman–Crippen MR) is 82.2 cm³/mol. The van der Waals surface area contributed by atoms with Crippen LogP contribution >= 0.6 is 0 Å². The molecule has 0 saturated carbocycles. The minimum absolute atomic E-state index is 0.951. The summed E-state index contributed by atoms with van der Waals surface area (Å²) < 4.78 is 4.18. The van der Waals surface area contributed by atoms with Crippen molar-refractivity contribution in [2.24, 2.45) is 0 Å². The molecule has 0 bridgehead atoms. The van der Waals surface area contributed by atoms with Gasteiger partial charge in [-0.05, 0) is 0 Å². The third-order valence-corrected chi connectivity index (χ3v) is 2.61. The van der Waals surface area contributed by atoms with Crippen LogP contribution in [0.4, 0.5) is 0 Å². The van der Waals surface area contributed by atoms with E-state index >= 15 is 0 Å².